The second-order valence-corrected chi connectivity index (χ2v) is 14.5. The third-order valence-corrected chi connectivity index (χ3v) is 8.32. The first-order chi connectivity index (χ1) is 23.0. The molecule has 15 heteroatoms. The fraction of sp³-hybridized carbons (Fsp3) is 0.743. The van der Waals surface area contributed by atoms with E-state index >= 15 is 0 Å². The average molecular weight is 730 g/mol. The van der Waals surface area contributed by atoms with Gasteiger partial charge in [0.15, 0.2) is 6.10 Å². The van der Waals surface area contributed by atoms with Crippen molar-refractivity contribution in [3.05, 3.63) is 11.6 Å². The normalized spacial score (nSPS) is 15.4. The van der Waals surface area contributed by atoms with Gasteiger partial charge in [0.1, 0.15) is 23.7 Å². The van der Waals surface area contributed by atoms with Crippen molar-refractivity contribution in [3.8, 4) is 0 Å². The van der Waals surface area contributed by atoms with E-state index in [4.69, 9.17) is 21.1 Å². The summed E-state index contributed by atoms with van der Waals surface area (Å²) in [6.07, 6.45) is 1.96. The Kier molecular flexibility index (Phi) is 19.9. The van der Waals surface area contributed by atoms with Crippen LogP contribution in [-0.4, -0.2) is 114 Å². The Hall–Kier alpha value is -3.68. The summed E-state index contributed by atoms with van der Waals surface area (Å²) in [5.74, 6) is -4.69. The van der Waals surface area contributed by atoms with Gasteiger partial charge in [-0.1, -0.05) is 47.1 Å². The highest BCUT2D eigenvalue weighted by atomic mass is 35.5. The number of hydrogen-bond acceptors (Lipinski definition) is 9. The third kappa shape index (κ3) is 15.1. The molecular weight excluding hydrogens is 670 g/mol. The fourth-order valence-corrected chi connectivity index (χ4v) is 5.14. The Morgan fingerprint density at radius 1 is 0.880 bits per heavy atom. The number of ether oxygens (including phenoxy) is 2. The zero-order chi connectivity index (χ0) is 39.1. The predicted molar refractivity (Wildman–Crippen MR) is 191 cm³/mol. The summed E-state index contributed by atoms with van der Waals surface area (Å²) in [5, 5.41) is 7.34. The van der Waals surface area contributed by atoms with Crippen molar-refractivity contribution in [1.29, 1.82) is 0 Å². The second-order valence-electron chi connectivity index (χ2n) is 13.8. The van der Waals surface area contributed by atoms with Crippen LogP contribution in [-0.2, 0) is 43.0 Å². The van der Waals surface area contributed by atoms with Crippen LogP contribution in [0.4, 0.5) is 0 Å². The average Bonchev–Trinajstić information content (AvgIpc) is 3.03. The second kappa shape index (κ2) is 21.5. The molecule has 3 N–H and O–H groups in total. The highest BCUT2D eigenvalue weighted by Gasteiger charge is 2.37. The van der Waals surface area contributed by atoms with Gasteiger partial charge in [0, 0.05) is 25.0 Å². The fourth-order valence-electron chi connectivity index (χ4n) is 4.97. The van der Waals surface area contributed by atoms with Gasteiger partial charge in [-0.15, -0.1) is 11.6 Å². The van der Waals surface area contributed by atoms with Crippen molar-refractivity contribution < 1.29 is 43.0 Å². The van der Waals surface area contributed by atoms with Crippen LogP contribution in [0.15, 0.2) is 11.6 Å². The molecule has 0 spiro atoms. The standard InChI is InChI=1S/C35H60ClN5O9/c1-14-16-22(6)33(47)50-26(17-20(3)4)29(43)37-24(8)31(45)41(12)25(18-23(7)36)32(46)40(11)19-27(42)38-28(21(5)15-2)30(44)39-35(9,10)34(48)49-13/h16,20-21,23-26,28H,14-15,17-19H2,1-13H3,(H,37,43)(H,38,42)(H,39,44)/b22-16+/t21?,23?,24-,25+,26+,28-/m0/s1. The lowest BCUT2D eigenvalue weighted by molar-refractivity contribution is -0.154. The molecule has 0 bridgehead atoms. The maximum absolute atomic E-state index is 13.7. The molecule has 0 fully saturated rings. The molecule has 0 heterocycles. The molecular formula is C35H60ClN5O9. The van der Waals surface area contributed by atoms with Crippen molar-refractivity contribution in [2.75, 3.05) is 27.7 Å². The Morgan fingerprint density at radius 3 is 1.94 bits per heavy atom. The molecule has 14 nitrogen and oxygen atoms in total. The zero-order valence-electron chi connectivity index (χ0n) is 32.1. The molecule has 286 valence electrons. The van der Waals surface area contributed by atoms with Gasteiger partial charge in [-0.2, -0.15) is 0 Å². The summed E-state index contributed by atoms with van der Waals surface area (Å²) in [5.41, 5.74) is -0.979. The zero-order valence-corrected chi connectivity index (χ0v) is 32.9. The number of rotatable bonds is 20. The molecule has 6 atom stereocenters. The number of alkyl halides is 1. The molecule has 50 heavy (non-hydrogen) atoms. The van der Waals surface area contributed by atoms with Gasteiger partial charge in [0.05, 0.1) is 13.7 Å². The minimum atomic E-state index is -1.35. The summed E-state index contributed by atoms with van der Waals surface area (Å²) < 4.78 is 10.2. The van der Waals surface area contributed by atoms with Crippen LogP contribution in [0, 0.1) is 11.8 Å². The lowest BCUT2D eigenvalue weighted by Gasteiger charge is -2.33. The molecule has 0 saturated carbocycles. The van der Waals surface area contributed by atoms with E-state index in [1.54, 1.807) is 26.8 Å². The van der Waals surface area contributed by atoms with Crippen LogP contribution in [0.5, 0.6) is 0 Å². The Labute approximate surface area is 302 Å². The number of likely N-dealkylation sites (N-methyl/N-ethyl adjacent to an activating group) is 2. The Bertz CT molecular complexity index is 1240. The minimum Gasteiger partial charge on any atom is -0.467 e. The van der Waals surface area contributed by atoms with Gasteiger partial charge in [-0.25, -0.2) is 9.59 Å². The predicted octanol–water partition coefficient (Wildman–Crippen LogP) is 2.71. The first kappa shape index (κ1) is 46.3. The van der Waals surface area contributed by atoms with Gasteiger partial charge in [-0.3, -0.25) is 24.0 Å². The molecule has 0 radical (unpaired) electrons. The van der Waals surface area contributed by atoms with E-state index in [1.807, 2.05) is 27.7 Å². The van der Waals surface area contributed by atoms with Gasteiger partial charge >= 0.3 is 11.9 Å². The number of carbonyl (C=O) groups is 7. The maximum atomic E-state index is 13.7. The van der Waals surface area contributed by atoms with Crippen molar-refractivity contribution in [2.45, 2.75) is 130 Å². The third-order valence-electron chi connectivity index (χ3n) is 8.14. The molecule has 0 aromatic heterocycles. The van der Waals surface area contributed by atoms with Crippen LogP contribution >= 0.6 is 11.6 Å². The van der Waals surface area contributed by atoms with Crippen LogP contribution in [0.25, 0.3) is 0 Å². The van der Waals surface area contributed by atoms with Gasteiger partial charge in [-0.05, 0) is 65.7 Å². The summed E-state index contributed by atoms with van der Waals surface area (Å²) >= 11 is 6.28. The number of amides is 5. The van der Waals surface area contributed by atoms with Crippen LogP contribution in [0.3, 0.4) is 0 Å². The summed E-state index contributed by atoms with van der Waals surface area (Å²) in [6.45, 7) is 16.4. The molecule has 0 aliphatic heterocycles. The SMILES string of the molecule is CC/C=C(\C)C(=O)O[C@H](CC(C)C)C(=O)N[C@@H](C)C(=O)N(C)[C@H](CC(C)Cl)C(=O)N(C)CC(=O)N[C@H](C(=O)NC(C)(C)C(=O)OC)C(C)CC. The van der Waals surface area contributed by atoms with Crippen LogP contribution < -0.4 is 16.0 Å². The maximum Gasteiger partial charge on any atom is 0.334 e. The Morgan fingerprint density at radius 2 is 1.46 bits per heavy atom. The number of allylic oxidation sites excluding steroid dienone is 1. The van der Waals surface area contributed by atoms with Crippen molar-refractivity contribution in [3.63, 3.8) is 0 Å². The molecule has 0 aliphatic rings. The number of carbonyl (C=O) groups excluding carboxylic acids is 7. The minimum absolute atomic E-state index is 0.00388. The number of nitrogens with one attached hydrogen (secondary N) is 3. The Balaban J connectivity index is 5.88. The summed E-state index contributed by atoms with van der Waals surface area (Å²) in [4.78, 5) is 93.7. The van der Waals surface area contributed by atoms with E-state index in [2.05, 4.69) is 16.0 Å². The van der Waals surface area contributed by atoms with E-state index in [1.165, 1.54) is 46.9 Å². The van der Waals surface area contributed by atoms with E-state index in [0.717, 1.165) is 4.90 Å². The largest absolute Gasteiger partial charge is 0.467 e. The molecule has 0 aliphatic carbocycles. The monoisotopic (exact) mass is 729 g/mol. The van der Waals surface area contributed by atoms with E-state index in [0.29, 0.717) is 18.4 Å². The number of hydrogen-bond donors (Lipinski definition) is 3. The van der Waals surface area contributed by atoms with Crippen molar-refractivity contribution in [2.24, 2.45) is 11.8 Å². The number of nitrogens with zero attached hydrogens (tertiary/aromatic N) is 2. The van der Waals surface area contributed by atoms with Gasteiger partial charge in [0.2, 0.25) is 23.6 Å². The highest BCUT2D eigenvalue weighted by Crippen LogP contribution is 2.17. The molecule has 0 aromatic rings. The van der Waals surface area contributed by atoms with E-state index in [-0.39, 0.29) is 24.7 Å². The highest BCUT2D eigenvalue weighted by molar-refractivity contribution is 6.20. The lowest BCUT2D eigenvalue weighted by atomic mass is 9.96. The van der Waals surface area contributed by atoms with E-state index < -0.39 is 83.2 Å². The van der Waals surface area contributed by atoms with Gasteiger partial charge < -0.3 is 35.2 Å². The lowest BCUT2D eigenvalue weighted by Crippen LogP contribution is -2.59. The number of esters is 2. The first-order valence-electron chi connectivity index (χ1n) is 17.1. The smallest absolute Gasteiger partial charge is 0.334 e. The van der Waals surface area contributed by atoms with Crippen LogP contribution in [0.2, 0.25) is 0 Å². The molecule has 0 aromatic carbocycles. The quantitative estimate of drug-likeness (QED) is 0.0965. The molecule has 5 amide bonds. The van der Waals surface area contributed by atoms with Crippen molar-refractivity contribution in [1.82, 2.24) is 25.8 Å². The molecule has 0 rings (SSSR count). The van der Waals surface area contributed by atoms with Gasteiger partial charge in [0.25, 0.3) is 5.91 Å². The first-order valence-corrected chi connectivity index (χ1v) is 17.5. The van der Waals surface area contributed by atoms with Crippen LogP contribution in [0.1, 0.15) is 94.9 Å². The summed E-state index contributed by atoms with van der Waals surface area (Å²) in [7, 11) is 3.99. The van der Waals surface area contributed by atoms with Crippen molar-refractivity contribution >= 4 is 53.1 Å². The van der Waals surface area contributed by atoms with E-state index in [9.17, 15) is 33.6 Å². The molecule has 2 unspecified atom stereocenters. The topological polar surface area (TPSA) is 181 Å². The number of halogens is 1. The molecule has 0 saturated heterocycles. The number of methoxy groups -OCH3 is 1. The summed E-state index contributed by atoms with van der Waals surface area (Å²) in [6, 6.07) is -3.22.